The summed E-state index contributed by atoms with van der Waals surface area (Å²) in [6, 6.07) is 14.4. The maximum Gasteiger partial charge on any atom is 0.255 e. The Morgan fingerprint density at radius 3 is 2.33 bits per heavy atom. The van der Waals surface area contributed by atoms with Crippen LogP contribution in [0.1, 0.15) is 16.8 Å². The van der Waals surface area contributed by atoms with Gasteiger partial charge in [0.15, 0.2) is 5.11 Å². The smallest absolute Gasteiger partial charge is 0.255 e. The van der Waals surface area contributed by atoms with Crippen LogP contribution in [-0.2, 0) is 4.74 Å². The molecule has 3 rings (SSSR count). The lowest BCUT2D eigenvalue weighted by Crippen LogP contribution is -2.38. The Hall–Kier alpha value is -2.68. The quantitative estimate of drug-likeness (QED) is 0.441. The number of hydrogen-bond acceptors (Lipinski definition) is 5. The first-order valence-corrected chi connectivity index (χ1v) is 10.5. The van der Waals surface area contributed by atoms with Gasteiger partial charge >= 0.3 is 0 Å². The van der Waals surface area contributed by atoms with Crippen molar-refractivity contribution in [2.75, 3.05) is 57.1 Å². The van der Waals surface area contributed by atoms with Crippen LogP contribution < -0.4 is 20.7 Å². The van der Waals surface area contributed by atoms with Crippen LogP contribution in [0.25, 0.3) is 0 Å². The fourth-order valence-electron chi connectivity index (χ4n) is 3.09. The van der Waals surface area contributed by atoms with Gasteiger partial charge in [0.25, 0.3) is 5.91 Å². The summed E-state index contributed by atoms with van der Waals surface area (Å²) in [5.74, 6) is 0.574. The second-order valence-electron chi connectivity index (χ2n) is 6.95. The molecule has 160 valence electrons. The monoisotopic (exact) mass is 428 g/mol. The summed E-state index contributed by atoms with van der Waals surface area (Å²) < 4.78 is 10.5. The number of hydrogen-bond donors (Lipinski definition) is 3. The van der Waals surface area contributed by atoms with Gasteiger partial charge in [0, 0.05) is 36.6 Å². The molecule has 0 atom stereocenters. The van der Waals surface area contributed by atoms with E-state index in [4.69, 9.17) is 21.7 Å². The number of rotatable bonds is 8. The summed E-state index contributed by atoms with van der Waals surface area (Å²) in [4.78, 5) is 14.8. The van der Waals surface area contributed by atoms with Crippen molar-refractivity contribution >= 4 is 34.6 Å². The lowest BCUT2D eigenvalue weighted by molar-refractivity contribution is 0.0376. The van der Waals surface area contributed by atoms with Gasteiger partial charge in [-0.1, -0.05) is 0 Å². The molecule has 1 saturated heterocycles. The first-order valence-electron chi connectivity index (χ1n) is 10.0. The van der Waals surface area contributed by atoms with Crippen molar-refractivity contribution < 1.29 is 14.3 Å². The Morgan fingerprint density at radius 2 is 1.67 bits per heavy atom. The van der Waals surface area contributed by atoms with Crippen LogP contribution in [0, 0.1) is 0 Å². The molecule has 1 aliphatic rings. The maximum absolute atomic E-state index is 12.4. The normalized spacial score (nSPS) is 14.0. The first kappa shape index (κ1) is 22.0. The molecule has 1 aliphatic heterocycles. The van der Waals surface area contributed by atoms with E-state index < -0.39 is 0 Å². The molecular formula is C22H28N4O3S. The predicted octanol–water partition coefficient (Wildman–Crippen LogP) is 2.96. The number of benzene rings is 2. The summed E-state index contributed by atoms with van der Waals surface area (Å²) in [5, 5.41) is 9.82. The second-order valence-corrected chi connectivity index (χ2v) is 7.36. The van der Waals surface area contributed by atoms with E-state index in [1.165, 1.54) is 0 Å². The van der Waals surface area contributed by atoms with E-state index in [-0.39, 0.29) is 5.91 Å². The largest absolute Gasteiger partial charge is 0.497 e. The highest BCUT2D eigenvalue weighted by molar-refractivity contribution is 7.80. The SMILES string of the molecule is COc1ccc(NC(=O)c2ccc(NC(=S)NCCCN3CCOCC3)cc2)cc1. The minimum absolute atomic E-state index is 0.171. The highest BCUT2D eigenvalue weighted by Gasteiger charge is 2.09. The van der Waals surface area contributed by atoms with E-state index in [0.717, 1.165) is 57.3 Å². The molecule has 0 saturated carbocycles. The minimum atomic E-state index is -0.171. The van der Waals surface area contributed by atoms with Crippen LogP contribution in [-0.4, -0.2) is 62.4 Å². The number of nitrogens with one attached hydrogen (secondary N) is 3. The van der Waals surface area contributed by atoms with Crippen molar-refractivity contribution in [2.24, 2.45) is 0 Å². The summed E-state index contributed by atoms with van der Waals surface area (Å²) in [7, 11) is 1.61. The summed E-state index contributed by atoms with van der Waals surface area (Å²) in [6.45, 7) is 5.49. The third kappa shape index (κ3) is 6.98. The van der Waals surface area contributed by atoms with E-state index in [2.05, 4.69) is 20.9 Å². The number of carbonyl (C=O) groups is 1. The van der Waals surface area contributed by atoms with Crippen LogP contribution in [0.2, 0.25) is 0 Å². The van der Waals surface area contributed by atoms with Crippen LogP contribution >= 0.6 is 12.2 Å². The number of thiocarbonyl (C=S) groups is 1. The van der Waals surface area contributed by atoms with E-state index >= 15 is 0 Å². The lowest BCUT2D eigenvalue weighted by Gasteiger charge is -2.26. The second kappa shape index (κ2) is 11.5. The topological polar surface area (TPSA) is 74.9 Å². The molecule has 1 fully saturated rings. The highest BCUT2D eigenvalue weighted by Crippen LogP contribution is 2.16. The van der Waals surface area contributed by atoms with Crippen molar-refractivity contribution in [3.63, 3.8) is 0 Å². The van der Waals surface area contributed by atoms with Crippen LogP contribution in [0.4, 0.5) is 11.4 Å². The van der Waals surface area contributed by atoms with Crippen molar-refractivity contribution in [1.29, 1.82) is 0 Å². The number of nitrogens with zero attached hydrogens (tertiary/aromatic N) is 1. The van der Waals surface area contributed by atoms with E-state index in [1.54, 1.807) is 43.5 Å². The number of anilines is 2. The van der Waals surface area contributed by atoms with Gasteiger partial charge in [0.2, 0.25) is 0 Å². The van der Waals surface area contributed by atoms with Gasteiger partial charge in [-0.25, -0.2) is 0 Å². The number of morpholine rings is 1. The van der Waals surface area contributed by atoms with E-state index in [9.17, 15) is 4.79 Å². The molecule has 1 amide bonds. The fourth-order valence-corrected chi connectivity index (χ4v) is 3.31. The van der Waals surface area contributed by atoms with Crippen molar-refractivity contribution in [3.05, 3.63) is 54.1 Å². The lowest BCUT2D eigenvalue weighted by atomic mass is 10.2. The van der Waals surface area contributed by atoms with Crippen molar-refractivity contribution in [3.8, 4) is 5.75 Å². The Kier molecular flexibility index (Phi) is 8.43. The molecule has 0 aromatic heterocycles. The van der Waals surface area contributed by atoms with Crippen molar-refractivity contribution in [2.45, 2.75) is 6.42 Å². The zero-order valence-electron chi connectivity index (χ0n) is 17.1. The molecule has 1 heterocycles. The average molecular weight is 429 g/mol. The molecule has 0 radical (unpaired) electrons. The third-order valence-corrected chi connectivity index (χ3v) is 5.04. The zero-order valence-corrected chi connectivity index (χ0v) is 18.0. The minimum Gasteiger partial charge on any atom is -0.497 e. The Bertz CT molecular complexity index is 821. The van der Waals surface area contributed by atoms with Crippen LogP contribution in [0.15, 0.2) is 48.5 Å². The van der Waals surface area contributed by atoms with Gasteiger partial charge in [-0.3, -0.25) is 9.69 Å². The molecule has 30 heavy (non-hydrogen) atoms. The number of methoxy groups -OCH3 is 1. The van der Waals surface area contributed by atoms with Gasteiger partial charge in [0.05, 0.1) is 20.3 Å². The summed E-state index contributed by atoms with van der Waals surface area (Å²) >= 11 is 5.35. The Labute approximate surface area is 182 Å². The number of amides is 1. The zero-order chi connectivity index (χ0) is 21.2. The molecular weight excluding hydrogens is 400 g/mol. The summed E-state index contributed by atoms with van der Waals surface area (Å²) in [6.07, 6.45) is 1.02. The average Bonchev–Trinajstić information content (AvgIpc) is 2.78. The molecule has 7 nitrogen and oxygen atoms in total. The third-order valence-electron chi connectivity index (χ3n) is 4.79. The molecule has 2 aromatic rings. The van der Waals surface area contributed by atoms with Gasteiger partial charge < -0.3 is 25.4 Å². The highest BCUT2D eigenvalue weighted by atomic mass is 32.1. The van der Waals surface area contributed by atoms with Crippen LogP contribution in [0.5, 0.6) is 5.75 Å². The van der Waals surface area contributed by atoms with E-state index in [1.807, 2.05) is 12.1 Å². The number of carbonyl (C=O) groups excluding carboxylic acids is 1. The Morgan fingerprint density at radius 1 is 1.03 bits per heavy atom. The maximum atomic E-state index is 12.4. The molecule has 8 heteroatoms. The molecule has 0 bridgehead atoms. The molecule has 3 N–H and O–H groups in total. The Balaban J connectivity index is 1.39. The van der Waals surface area contributed by atoms with Gasteiger partial charge in [0.1, 0.15) is 5.75 Å². The standard InChI is InChI=1S/C22H28N4O3S/c1-28-20-9-7-18(8-10-20)24-21(27)17-3-5-19(6-4-17)25-22(30)23-11-2-12-26-13-15-29-16-14-26/h3-10H,2,11-16H2,1H3,(H,24,27)(H2,23,25,30). The van der Waals surface area contributed by atoms with Gasteiger partial charge in [-0.15, -0.1) is 0 Å². The van der Waals surface area contributed by atoms with Gasteiger partial charge in [-0.05, 0) is 73.7 Å². The summed E-state index contributed by atoms with van der Waals surface area (Å²) in [5.41, 5.74) is 2.12. The molecule has 0 aliphatic carbocycles. The molecule has 0 spiro atoms. The fraction of sp³-hybridized carbons (Fsp3) is 0.364. The van der Waals surface area contributed by atoms with Crippen LogP contribution in [0.3, 0.4) is 0 Å². The van der Waals surface area contributed by atoms with E-state index in [0.29, 0.717) is 16.4 Å². The first-order chi connectivity index (χ1) is 14.6. The predicted molar refractivity (Wildman–Crippen MR) is 123 cm³/mol. The number of ether oxygens (including phenoxy) is 2. The molecule has 0 unspecified atom stereocenters. The van der Waals surface area contributed by atoms with Gasteiger partial charge in [-0.2, -0.15) is 0 Å². The van der Waals surface area contributed by atoms with Crippen molar-refractivity contribution in [1.82, 2.24) is 10.2 Å². The molecule has 2 aromatic carbocycles.